The standard InChI is InChI=1S/C33H24N4O3/c1-39-25-18-16-22(17-19-25)20-36-21-28(40-33(38)24-12-6-3-7-13-24)29-31(36)35-30(23-10-4-2-5-11-23)37-27-15-9-8-14-26(27)34-32(29)37/h2-19,21H,20H2,1H3. The second-order valence-corrected chi connectivity index (χ2v) is 9.48. The van der Waals surface area contributed by atoms with Gasteiger partial charge in [0.2, 0.25) is 0 Å². The zero-order valence-corrected chi connectivity index (χ0v) is 21.7. The fraction of sp³-hybridized carbons (Fsp3) is 0.0606. The van der Waals surface area contributed by atoms with E-state index in [0.717, 1.165) is 33.7 Å². The molecule has 0 amide bonds. The van der Waals surface area contributed by atoms with Gasteiger partial charge < -0.3 is 14.0 Å². The lowest BCUT2D eigenvalue weighted by atomic mass is 10.2. The van der Waals surface area contributed by atoms with E-state index in [1.807, 2.05) is 112 Å². The van der Waals surface area contributed by atoms with E-state index in [1.54, 1.807) is 19.2 Å². The van der Waals surface area contributed by atoms with E-state index in [0.29, 0.717) is 34.5 Å². The Hall–Kier alpha value is -5.43. The highest BCUT2D eigenvalue weighted by molar-refractivity contribution is 6.03. The van der Waals surface area contributed by atoms with Gasteiger partial charge in [0, 0.05) is 18.3 Å². The van der Waals surface area contributed by atoms with Crippen molar-refractivity contribution < 1.29 is 14.3 Å². The number of carbonyl (C=O) groups excluding carboxylic acids is 1. The molecule has 0 unspecified atom stereocenters. The molecule has 4 aromatic carbocycles. The fourth-order valence-corrected chi connectivity index (χ4v) is 5.05. The summed E-state index contributed by atoms with van der Waals surface area (Å²) in [4.78, 5) is 23.4. The molecule has 0 aliphatic rings. The van der Waals surface area contributed by atoms with Crippen LogP contribution in [0.1, 0.15) is 15.9 Å². The molecule has 3 heterocycles. The van der Waals surface area contributed by atoms with Gasteiger partial charge in [0.25, 0.3) is 0 Å². The number of carbonyl (C=O) groups is 1. The molecule has 194 valence electrons. The number of hydrogen-bond acceptors (Lipinski definition) is 5. The number of nitrogens with zero attached hydrogens (tertiary/aromatic N) is 4. The van der Waals surface area contributed by atoms with Gasteiger partial charge in [0.05, 0.1) is 23.7 Å². The van der Waals surface area contributed by atoms with E-state index >= 15 is 0 Å². The number of para-hydroxylation sites is 2. The van der Waals surface area contributed by atoms with Crippen molar-refractivity contribution in [3.8, 4) is 22.9 Å². The Balaban J connectivity index is 1.50. The summed E-state index contributed by atoms with van der Waals surface area (Å²) in [5, 5.41) is 0.675. The van der Waals surface area contributed by atoms with Crippen molar-refractivity contribution in [1.29, 1.82) is 0 Å². The summed E-state index contributed by atoms with van der Waals surface area (Å²) in [6, 6.07) is 34.9. The van der Waals surface area contributed by atoms with E-state index < -0.39 is 5.97 Å². The molecule has 0 fully saturated rings. The largest absolute Gasteiger partial charge is 0.497 e. The highest BCUT2D eigenvalue weighted by Gasteiger charge is 2.23. The zero-order chi connectivity index (χ0) is 27.1. The maximum Gasteiger partial charge on any atom is 0.343 e. The molecule has 0 saturated heterocycles. The van der Waals surface area contributed by atoms with E-state index in [4.69, 9.17) is 19.4 Å². The molecule has 0 spiro atoms. The number of ether oxygens (including phenoxy) is 2. The van der Waals surface area contributed by atoms with Crippen LogP contribution in [0, 0.1) is 0 Å². The van der Waals surface area contributed by atoms with Gasteiger partial charge in [-0.1, -0.05) is 72.8 Å². The Kier molecular flexibility index (Phi) is 5.74. The predicted molar refractivity (Wildman–Crippen MR) is 155 cm³/mol. The first kappa shape index (κ1) is 23.7. The minimum Gasteiger partial charge on any atom is -0.497 e. The van der Waals surface area contributed by atoms with Crippen LogP contribution >= 0.6 is 0 Å². The molecule has 40 heavy (non-hydrogen) atoms. The summed E-state index contributed by atoms with van der Waals surface area (Å²) in [5.74, 6) is 1.51. The SMILES string of the molecule is COc1ccc(Cn2cc(OC(=O)c3ccccc3)c3c2nc(-c2ccccc2)n2c4ccccc4nc32)cc1. The van der Waals surface area contributed by atoms with Crippen molar-refractivity contribution in [3.05, 3.63) is 127 Å². The Morgan fingerprint density at radius 2 is 1.48 bits per heavy atom. The first-order valence-corrected chi connectivity index (χ1v) is 13.0. The number of imidazole rings is 1. The van der Waals surface area contributed by atoms with Crippen LogP contribution in [0.15, 0.2) is 115 Å². The monoisotopic (exact) mass is 524 g/mol. The maximum absolute atomic E-state index is 13.2. The Labute approximate surface area is 229 Å². The van der Waals surface area contributed by atoms with Gasteiger partial charge in [0.1, 0.15) is 22.6 Å². The smallest absolute Gasteiger partial charge is 0.343 e. The molecule has 7 rings (SSSR count). The van der Waals surface area contributed by atoms with E-state index in [2.05, 4.69) is 0 Å². The molecule has 0 bridgehead atoms. The minimum absolute atomic E-state index is 0.407. The van der Waals surface area contributed by atoms with Gasteiger partial charge in [-0.15, -0.1) is 0 Å². The number of rotatable bonds is 6. The minimum atomic E-state index is -0.439. The van der Waals surface area contributed by atoms with Gasteiger partial charge in [-0.05, 0) is 42.0 Å². The molecular formula is C33H24N4O3. The lowest BCUT2D eigenvalue weighted by Crippen LogP contribution is -2.08. The lowest BCUT2D eigenvalue weighted by Gasteiger charge is -2.10. The van der Waals surface area contributed by atoms with Crippen LogP contribution < -0.4 is 9.47 Å². The van der Waals surface area contributed by atoms with Gasteiger partial charge >= 0.3 is 5.97 Å². The summed E-state index contributed by atoms with van der Waals surface area (Å²) in [7, 11) is 1.65. The van der Waals surface area contributed by atoms with Crippen LogP contribution in [0.3, 0.4) is 0 Å². The van der Waals surface area contributed by atoms with Crippen LogP contribution in [0.4, 0.5) is 0 Å². The number of hydrogen-bond donors (Lipinski definition) is 0. The molecule has 7 aromatic rings. The quantitative estimate of drug-likeness (QED) is 0.224. The van der Waals surface area contributed by atoms with Crippen molar-refractivity contribution in [2.45, 2.75) is 6.54 Å². The van der Waals surface area contributed by atoms with Crippen LogP contribution in [-0.4, -0.2) is 32.0 Å². The van der Waals surface area contributed by atoms with E-state index in [9.17, 15) is 4.79 Å². The van der Waals surface area contributed by atoms with E-state index in [-0.39, 0.29) is 0 Å². The summed E-state index contributed by atoms with van der Waals surface area (Å²) in [6.45, 7) is 0.515. The average Bonchev–Trinajstić information content (AvgIpc) is 3.56. The molecule has 0 radical (unpaired) electrons. The summed E-state index contributed by atoms with van der Waals surface area (Å²) in [6.07, 6.45) is 1.84. The first-order chi connectivity index (χ1) is 19.7. The number of fused-ring (bicyclic) bond motifs is 5. The maximum atomic E-state index is 13.2. The highest BCUT2D eigenvalue weighted by Crippen LogP contribution is 2.36. The predicted octanol–water partition coefficient (Wildman–Crippen LogP) is 6.78. The molecule has 0 atom stereocenters. The van der Waals surface area contributed by atoms with Gasteiger partial charge in [-0.25, -0.2) is 14.8 Å². The Bertz CT molecular complexity index is 1990. The van der Waals surface area contributed by atoms with Gasteiger partial charge in [-0.2, -0.15) is 0 Å². The fourth-order valence-electron chi connectivity index (χ4n) is 5.05. The molecule has 7 heteroatoms. The normalized spacial score (nSPS) is 11.3. The topological polar surface area (TPSA) is 70.7 Å². The Morgan fingerprint density at radius 3 is 2.23 bits per heavy atom. The number of aromatic nitrogens is 4. The Morgan fingerprint density at radius 1 is 0.775 bits per heavy atom. The number of methoxy groups -OCH3 is 1. The van der Waals surface area contributed by atoms with Crippen molar-refractivity contribution >= 4 is 33.7 Å². The summed E-state index contributed by atoms with van der Waals surface area (Å²) in [5.41, 5.74) is 5.58. The van der Waals surface area contributed by atoms with Crippen LogP contribution in [0.25, 0.3) is 39.1 Å². The van der Waals surface area contributed by atoms with Crippen molar-refractivity contribution in [1.82, 2.24) is 18.9 Å². The zero-order valence-electron chi connectivity index (χ0n) is 21.7. The molecule has 0 saturated carbocycles. The van der Waals surface area contributed by atoms with Crippen LogP contribution in [0.5, 0.6) is 11.5 Å². The summed E-state index contributed by atoms with van der Waals surface area (Å²) < 4.78 is 15.4. The first-order valence-electron chi connectivity index (χ1n) is 13.0. The molecule has 0 aliphatic heterocycles. The highest BCUT2D eigenvalue weighted by atomic mass is 16.5. The van der Waals surface area contributed by atoms with Gasteiger partial charge in [-0.3, -0.25) is 4.40 Å². The molecule has 7 nitrogen and oxygen atoms in total. The molecular weight excluding hydrogens is 500 g/mol. The van der Waals surface area contributed by atoms with E-state index in [1.165, 1.54) is 0 Å². The third kappa shape index (κ3) is 4.05. The third-order valence-electron chi connectivity index (χ3n) is 6.98. The average molecular weight is 525 g/mol. The molecule has 3 aromatic heterocycles. The number of esters is 1. The lowest BCUT2D eigenvalue weighted by molar-refractivity contribution is 0.0737. The van der Waals surface area contributed by atoms with Gasteiger partial charge in [0.15, 0.2) is 11.4 Å². The van der Waals surface area contributed by atoms with Crippen molar-refractivity contribution in [2.24, 2.45) is 0 Å². The summed E-state index contributed by atoms with van der Waals surface area (Å²) >= 11 is 0. The molecule has 0 aliphatic carbocycles. The third-order valence-corrected chi connectivity index (χ3v) is 6.98. The van der Waals surface area contributed by atoms with Crippen molar-refractivity contribution in [2.75, 3.05) is 7.11 Å². The number of benzene rings is 4. The van der Waals surface area contributed by atoms with Crippen molar-refractivity contribution in [3.63, 3.8) is 0 Å². The molecule has 0 N–H and O–H groups in total. The van der Waals surface area contributed by atoms with Crippen LogP contribution in [-0.2, 0) is 6.54 Å². The van der Waals surface area contributed by atoms with Crippen LogP contribution in [0.2, 0.25) is 0 Å². The second-order valence-electron chi connectivity index (χ2n) is 9.48. The second kappa shape index (κ2) is 9.71.